The van der Waals surface area contributed by atoms with E-state index in [9.17, 15) is 0 Å². The molecule has 0 bridgehead atoms. The highest BCUT2D eigenvalue weighted by Gasteiger charge is 2.54. The minimum absolute atomic E-state index is 0.366. The molecule has 0 radical (unpaired) electrons. The molecule has 1 aromatic heterocycles. The van der Waals surface area contributed by atoms with Crippen molar-refractivity contribution in [2.45, 2.75) is 70.3 Å². The van der Waals surface area contributed by atoms with Crippen LogP contribution in [0.1, 0.15) is 64.4 Å². The van der Waals surface area contributed by atoms with Crippen LogP contribution in [0.25, 0.3) is 0 Å². The SMILES string of the molecule is CC(C)NCC1(c2ccncc2)CC2(CCCCC2)C1. The summed E-state index contributed by atoms with van der Waals surface area (Å²) in [5.41, 5.74) is 2.53. The quantitative estimate of drug-likeness (QED) is 0.894. The fourth-order valence-corrected chi connectivity index (χ4v) is 4.58. The smallest absolute Gasteiger partial charge is 0.0270 e. The first-order valence-electron chi connectivity index (χ1n) is 8.28. The van der Waals surface area contributed by atoms with Crippen LogP contribution < -0.4 is 5.32 Å². The first-order chi connectivity index (χ1) is 9.64. The van der Waals surface area contributed by atoms with E-state index in [1.54, 1.807) is 0 Å². The maximum absolute atomic E-state index is 4.20. The Morgan fingerprint density at radius 1 is 1.10 bits per heavy atom. The first kappa shape index (κ1) is 14.1. The zero-order chi connectivity index (χ0) is 14.1. The Morgan fingerprint density at radius 3 is 2.35 bits per heavy atom. The number of pyridine rings is 1. The largest absolute Gasteiger partial charge is 0.314 e. The number of hydrogen-bond donors (Lipinski definition) is 1. The lowest BCUT2D eigenvalue weighted by atomic mass is 9.46. The lowest BCUT2D eigenvalue weighted by molar-refractivity contribution is -0.0136. The molecule has 0 atom stereocenters. The summed E-state index contributed by atoms with van der Waals surface area (Å²) in [5.74, 6) is 0. The number of nitrogens with one attached hydrogen (secondary N) is 1. The van der Waals surface area contributed by atoms with Gasteiger partial charge in [0.2, 0.25) is 0 Å². The van der Waals surface area contributed by atoms with Crippen LogP contribution in [0.4, 0.5) is 0 Å². The van der Waals surface area contributed by atoms with Crippen molar-refractivity contribution in [3.63, 3.8) is 0 Å². The highest BCUT2D eigenvalue weighted by molar-refractivity contribution is 5.30. The van der Waals surface area contributed by atoms with Crippen LogP contribution in [-0.2, 0) is 5.41 Å². The van der Waals surface area contributed by atoms with E-state index in [4.69, 9.17) is 0 Å². The Balaban J connectivity index is 1.76. The average molecular weight is 272 g/mol. The van der Waals surface area contributed by atoms with Crippen LogP contribution in [-0.4, -0.2) is 17.6 Å². The second-order valence-electron chi connectivity index (χ2n) is 7.47. The van der Waals surface area contributed by atoms with Gasteiger partial charge in [-0.2, -0.15) is 0 Å². The van der Waals surface area contributed by atoms with Gasteiger partial charge < -0.3 is 5.32 Å². The van der Waals surface area contributed by atoms with Crippen molar-refractivity contribution in [2.24, 2.45) is 5.41 Å². The van der Waals surface area contributed by atoms with Gasteiger partial charge in [0.25, 0.3) is 0 Å². The zero-order valence-corrected chi connectivity index (χ0v) is 13.0. The van der Waals surface area contributed by atoms with Gasteiger partial charge in [-0.05, 0) is 48.8 Å². The number of aromatic nitrogens is 1. The monoisotopic (exact) mass is 272 g/mol. The normalized spacial score (nSPS) is 23.8. The fourth-order valence-electron chi connectivity index (χ4n) is 4.58. The van der Waals surface area contributed by atoms with Gasteiger partial charge in [-0.3, -0.25) is 4.98 Å². The van der Waals surface area contributed by atoms with Gasteiger partial charge in [0.15, 0.2) is 0 Å². The molecule has 2 fully saturated rings. The van der Waals surface area contributed by atoms with Crippen molar-refractivity contribution >= 4 is 0 Å². The van der Waals surface area contributed by atoms with Gasteiger partial charge in [-0.1, -0.05) is 33.1 Å². The molecule has 2 aliphatic rings. The minimum Gasteiger partial charge on any atom is -0.314 e. The third kappa shape index (κ3) is 2.63. The lowest BCUT2D eigenvalue weighted by Crippen LogP contribution is -2.56. The average Bonchev–Trinajstić information content (AvgIpc) is 2.44. The number of nitrogens with zero attached hydrogens (tertiary/aromatic N) is 1. The number of rotatable bonds is 4. The Labute approximate surface area is 123 Å². The van der Waals surface area contributed by atoms with E-state index in [2.05, 4.69) is 36.3 Å². The fraction of sp³-hybridized carbons (Fsp3) is 0.722. The van der Waals surface area contributed by atoms with Gasteiger partial charge in [0, 0.05) is 30.4 Å². The van der Waals surface area contributed by atoms with Gasteiger partial charge in [-0.15, -0.1) is 0 Å². The van der Waals surface area contributed by atoms with Crippen molar-refractivity contribution in [2.75, 3.05) is 6.54 Å². The molecule has 3 rings (SSSR count). The van der Waals surface area contributed by atoms with Crippen LogP contribution in [0, 0.1) is 5.41 Å². The van der Waals surface area contributed by atoms with Crippen molar-refractivity contribution < 1.29 is 0 Å². The molecule has 0 aromatic carbocycles. The highest BCUT2D eigenvalue weighted by Crippen LogP contribution is 2.61. The third-order valence-corrected chi connectivity index (χ3v) is 5.48. The summed E-state index contributed by atoms with van der Waals surface area (Å²) >= 11 is 0. The van der Waals surface area contributed by atoms with E-state index in [1.807, 2.05) is 12.4 Å². The molecule has 2 aliphatic carbocycles. The summed E-state index contributed by atoms with van der Waals surface area (Å²) in [6, 6.07) is 5.03. The van der Waals surface area contributed by atoms with E-state index >= 15 is 0 Å². The maximum atomic E-state index is 4.20. The minimum atomic E-state index is 0.366. The summed E-state index contributed by atoms with van der Waals surface area (Å²) in [6.45, 7) is 5.61. The zero-order valence-electron chi connectivity index (χ0n) is 13.0. The lowest BCUT2D eigenvalue weighted by Gasteiger charge is -2.59. The van der Waals surface area contributed by atoms with Crippen LogP contribution in [0.5, 0.6) is 0 Å². The molecule has 0 unspecified atom stereocenters. The summed E-state index contributed by atoms with van der Waals surface area (Å²) in [7, 11) is 0. The Kier molecular flexibility index (Phi) is 3.85. The molecule has 1 aromatic rings. The predicted octanol–water partition coefficient (Wildman–Crippen LogP) is 4.06. The molecule has 2 heteroatoms. The van der Waals surface area contributed by atoms with Gasteiger partial charge >= 0.3 is 0 Å². The number of hydrogen-bond acceptors (Lipinski definition) is 2. The van der Waals surface area contributed by atoms with Crippen molar-refractivity contribution in [1.29, 1.82) is 0 Å². The molecule has 2 saturated carbocycles. The van der Waals surface area contributed by atoms with Crippen molar-refractivity contribution in [3.8, 4) is 0 Å². The van der Waals surface area contributed by atoms with Gasteiger partial charge in [-0.25, -0.2) is 0 Å². The van der Waals surface area contributed by atoms with Crippen LogP contribution in [0.2, 0.25) is 0 Å². The van der Waals surface area contributed by atoms with Crippen LogP contribution >= 0.6 is 0 Å². The van der Waals surface area contributed by atoms with Gasteiger partial charge in [0.05, 0.1) is 0 Å². The molecule has 1 spiro atoms. The molecule has 1 N–H and O–H groups in total. The molecule has 1 heterocycles. The molecule has 0 aliphatic heterocycles. The topological polar surface area (TPSA) is 24.9 Å². The van der Waals surface area contributed by atoms with E-state index in [-0.39, 0.29) is 0 Å². The Morgan fingerprint density at radius 2 is 1.75 bits per heavy atom. The van der Waals surface area contributed by atoms with Gasteiger partial charge in [0.1, 0.15) is 0 Å². The molecular formula is C18H28N2. The van der Waals surface area contributed by atoms with Crippen molar-refractivity contribution in [1.82, 2.24) is 10.3 Å². The standard InChI is InChI=1S/C18H28N2/c1-15(2)20-14-18(16-6-10-19-11-7-16)12-17(13-18)8-4-3-5-9-17/h6-7,10-11,15,20H,3-5,8-9,12-14H2,1-2H3. The first-order valence-corrected chi connectivity index (χ1v) is 8.28. The van der Waals surface area contributed by atoms with E-state index in [0.29, 0.717) is 16.9 Å². The Bertz CT molecular complexity index is 424. The molecule has 2 nitrogen and oxygen atoms in total. The van der Waals surface area contributed by atoms with E-state index in [1.165, 1.54) is 50.5 Å². The third-order valence-electron chi connectivity index (χ3n) is 5.48. The molecular weight excluding hydrogens is 244 g/mol. The summed E-state index contributed by atoms with van der Waals surface area (Å²) < 4.78 is 0. The summed E-state index contributed by atoms with van der Waals surface area (Å²) in [5, 5.41) is 3.69. The van der Waals surface area contributed by atoms with Crippen molar-refractivity contribution in [3.05, 3.63) is 30.1 Å². The molecule has 0 amide bonds. The van der Waals surface area contributed by atoms with Crippen LogP contribution in [0.3, 0.4) is 0 Å². The highest BCUT2D eigenvalue weighted by atomic mass is 14.9. The molecule has 110 valence electrons. The molecule has 20 heavy (non-hydrogen) atoms. The summed E-state index contributed by atoms with van der Waals surface area (Å²) in [4.78, 5) is 4.20. The predicted molar refractivity (Wildman–Crippen MR) is 83.8 cm³/mol. The summed E-state index contributed by atoms with van der Waals surface area (Å²) in [6.07, 6.45) is 13.9. The van der Waals surface area contributed by atoms with E-state index < -0.39 is 0 Å². The second kappa shape index (κ2) is 5.48. The second-order valence-corrected chi connectivity index (χ2v) is 7.47. The van der Waals surface area contributed by atoms with E-state index in [0.717, 1.165) is 6.54 Å². The molecule has 0 saturated heterocycles. The Hall–Kier alpha value is -0.890. The van der Waals surface area contributed by atoms with Crippen LogP contribution in [0.15, 0.2) is 24.5 Å². The maximum Gasteiger partial charge on any atom is 0.0270 e.